The van der Waals surface area contributed by atoms with Crippen molar-refractivity contribution in [2.24, 2.45) is 0 Å². The lowest BCUT2D eigenvalue weighted by Crippen LogP contribution is -2.08. The number of imidazole rings is 1. The van der Waals surface area contributed by atoms with E-state index in [1.807, 2.05) is 0 Å². The zero-order chi connectivity index (χ0) is 17.1. The largest absolute Gasteiger partial charge is 0.303 e. The Balaban J connectivity index is 2.06. The first kappa shape index (κ1) is 16.8. The van der Waals surface area contributed by atoms with Crippen LogP contribution in [0.1, 0.15) is 15.9 Å². The van der Waals surface area contributed by atoms with E-state index in [4.69, 9.17) is 34.8 Å². The molecule has 0 aliphatic rings. The maximum absolute atomic E-state index is 12.9. The Kier molecular flexibility index (Phi) is 5.05. The molecule has 3 nitrogen and oxygen atoms in total. The van der Waals surface area contributed by atoms with Crippen LogP contribution in [0.15, 0.2) is 61.2 Å². The number of benzene rings is 2. The normalized spacial score (nSPS) is 11.5. The number of halogens is 3. The molecule has 0 spiro atoms. The van der Waals surface area contributed by atoms with E-state index in [1.54, 1.807) is 71.8 Å². The number of hydrogen-bond donors (Lipinski definition) is 0. The summed E-state index contributed by atoms with van der Waals surface area (Å²) in [6, 6.07) is 11.9. The molecule has 120 valence electrons. The molecule has 0 N–H and O–H groups in total. The van der Waals surface area contributed by atoms with Crippen molar-refractivity contribution in [3.8, 4) is 0 Å². The first-order valence-electron chi connectivity index (χ1n) is 7.00. The highest BCUT2D eigenvalue weighted by molar-refractivity contribution is 6.42. The summed E-state index contributed by atoms with van der Waals surface area (Å²) in [7, 11) is 0. The van der Waals surface area contributed by atoms with Crippen molar-refractivity contribution in [2.45, 2.75) is 0 Å². The molecular weight excluding hydrogens is 367 g/mol. The first-order chi connectivity index (χ1) is 11.5. The number of nitrogens with zero attached hydrogens (tertiary/aromatic N) is 2. The Bertz CT molecular complexity index is 901. The molecule has 3 aromatic rings. The first-order valence-corrected chi connectivity index (χ1v) is 8.13. The molecule has 0 unspecified atom stereocenters. The third-order valence-electron chi connectivity index (χ3n) is 3.37. The average Bonchev–Trinajstić information content (AvgIpc) is 3.10. The molecule has 0 amide bonds. The van der Waals surface area contributed by atoms with Gasteiger partial charge in [-0.25, -0.2) is 4.98 Å². The number of aromatic nitrogens is 2. The van der Waals surface area contributed by atoms with Crippen molar-refractivity contribution in [1.29, 1.82) is 0 Å². The fraction of sp³-hybridized carbons (Fsp3) is 0. The summed E-state index contributed by atoms with van der Waals surface area (Å²) < 4.78 is 1.65. The van der Waals surface area contributed by atoms with Gasteiger partial charge >= 0.3 is 0 Å². The monoisotopic (exact) mass is 376 g/mol. The van der Waals surface area contributed by atoms with Crippen molar-refractivity contribution < 1.29 is 4.79 Å². The van der Waals surface area contributed by atoms with Crippen LogP contribution in [0.2, 0.25) is 15.1 Å². The molecule has 0 saturated heterocycles. The van der Waals surface area contributed by atoms with Crippen LogP contribution in [0.4, 0.5) is 0 Å². The Labute approximate surface area is 154 Å². The second-order valence-electron chi connectivity index (χ2n) is 5.01. The summed E-state index contributed by atoms with van der Waals surface area (Å²) in [6.45, 7) is 0. The van der Waals surface area contributed by atoms with E-state index in [1.165, 1.54) is 0 Å². The smallest absolute Gasteiger partial charge is 0.209 e. The summed E-state index contributed by atoms with van der Waals surface area (Å²) >= 11 is 17.9. The van der Waals surface area contributed by atoms with Crippen LogP contribution < -0.4 is 0 Å². The topological polar surface area (TPSA) is 34.9 Å². The van der Waals surface area contributed by atoms with E-state index in [-0.39, 0.29) is 5.78 Å². The molecule has 0 atom stereocenters. The molecule has 0 radical (unpaired) electrons. The molecular formula is C18H11Cl3N2O. The standard InChI is InChI=1S/C18H11Cl3N2O/c19-14-4-2-13(3-5-14)18(24)17(23-8-7-22-11-23)10-12-1-6-15(20)16(21)9-12/h1-11H. The highest BCUT2D eigenvalue weighted by Crippen LogP contribution is 2.25. The van der Waals surface area contributed by atoms with Gasteiger partial charge in [0.1, 0.15) is 0 Å². The van der Waals surface area contributed by atoms with Crippen LogP contribution in [0.25, 0.3) is 11.8 Å². The van der Waals surface area contributed by atoms with Gasteiger partial charge in [-0.2, -0.15) is 0 Å². The summed E-state index contributed by atoms with van der Waals surface area (Å²) in [6.07, 6.45) is 6.62. The van der Waals surface area contributed by atoms with Gasteiger partial charge < -0.3 is 4.57 Å². The molecule has 1 heterocycles. The fourth-order valence-corrected chi connectivity index (χ4v) is 2.60. The van der Waals surface area contributed by atoms with Gasteiger partial charge in [-0.3, -0.25) is 4.79 Å². The number of allylic oxidation sites excluding steroid dienone is 1. The van der Waals surface area contributed by atoms with Gasteiger partial charge in [-0.05, 0) is 48.0 Å². The van der Waals surface area contributed by atoms with Crippen LogP contribution in [-0.4, -0.2) is 15.3 Å². The van der Waals surface area contributed by atoms with Crippen molar-refractivity contribution in [3.63, 3.8) is 0 Å². The Hall–Kier alpha value is -2.07. The van der Waals surface area contributed by atoms with E-state index in [2.05, 4.69) is 4.98 Å². The number of hydrogen-bond acceptors (Lipinski definition) is 2. The highest BCUT2D eigenvalue weighted by Gasteiger charge is 2.14. The van der Waals surface area contributed by atoms with Crippen LogP contribution in [0.5, 0.6) is 0 Å². The maximum atomic E-state index is 12.9. The Morgan fingerprint density at radius 2 is 1.75 bits per heavy atom. The molecule has 2 aromatic carbocycles. The minimum Gasteiger partial charge on any atom is -0.303 e. The highest BCUT2D eigenvalue weighted by atomic mass is 35.5. The lowest BCUT2D eigenvalue weighted by Gasteiger charge is -2.09. The van der Waals surface area contributed by atoms with Crippen molar-refractivity contribution in [1.82, 2.24) is 9.55 Å². The van der Waals surface area contributed by atoms with Crippen LogP contribution in [-0.2, 0) is 0 Å². The lowest BCUT2D eigenvalue weighted by molar-refractivity contribution is 0.105. The molecule has 0 aliphatic carbocycles. The summed E-state index contributed by atoms with van der Waals surface area (Å²) in [5.74, 6) is -0.157. The van der Waals surface area contributed by atoms with Crippen LogP contribution in [0, 0.1) is 0 Å². The minimum atomic E-state index is -0.157. The second-order valence-corrected chi connectivity index (χ2v) is 6.26. The SMILES string of the molecule is O=C(C(=Cc1ccc(Cl)c(Cl)c1)n1ccnc1)c1ccc(Cl)cc1. The van der Waals surface area contributed by atoms with Gasteiger partial charge in [-0.15, -0.1) is 0 Å². The van der Waals surface area contributed by atoms with E-state index >= 15 is 0 Å². The molecule has 3 rings (SSSR count). The predicted molar refractivity (Wildman–Crippen MR) is 98.6 cm³/mol. The van der Waals surface area contributed by atoms with E-state index in [9.17, 15) is 4.79 Å². The zero-order valence-electron chi connectivity index (χ0n) is 12.3. The molecule has 6 heteroatoms. The summed E-state index contributed by atoms with van der Waals surface area (Å²) in [5, 5.41) is 1.46. The van der Waals surface area contributed by atoms with Crippen LogP contribution >= 0.6 is 34.8 Å². The van der Waals surface area contributed by atoms with E-state index < -0.39 is 0 Å². The van der Waals surface area contributed by atoms with Gasteiger partial charge in [0.2, 0.25) is 5.78 Å². The number of ketones is 1. The van der Waals surface area contributed by atoms with Crippen molar-refractivity contribution >= 4 is 52.4 Å². The number of carbonyl (C=O) groups excluding carboxylic acids is 1. The Morgan fingerprint density at radius 1 is 1.00 bits per heavy atom. The molecule has 1 aromatic heterocycles. The van der Waals surface area contributed by atoms with Gasteiger partial charge in [-0.1, -0.05) is 40.9 Å². The maximum Gasteiger partial charge on any atom is 0.209 e. The zero-order valence-corrected chi connectivity index (χ0v) is 14.6. The van der Waals surface area contributed by atoms with Crippen LogP contribution in [0.3, 0.4) is 0 Å². The van der Waals surface area contributed by atoms with Crippen molar-refractivity contribution in [2.75, 3.05) is 0 Å². The number of carbonyl (C=O) groups is 1. The number of rotatable bonds is 4. The van der Waals surface area contributed by atoms with Crippen molar-refractivity contribution in [3.05, 3.63) is 87.4 Å². The third-order valence-corrected chi connectivity index (χ3v) is 4.36. The third kappa shape index (κ3) is 3.70. The molecule has 0 fully saturated rings. The molecule has 0 aliphatic heterocycles. The van der Waals surface area contributed by atoms with Gasteiger partial charge in [0.25, 0.3) is 0 Å². The average molecular weight is 378 g/mol. The summed E-state index contributed by atoms with van der Waals surface area (Å²) in [5.41, 5.74) is 1.73. The molecule has 24 heavy (non-hydrogen) atoms. The molecule has 0 bridgehead atoms. The molecule has 0 saturated carbocycles. The lowest BCUT2D eigenvalue weighted by atomic mass is 10.1. The fourth-order valence-electron chi connectivity index (χ4n) is 2.17. The van der Waals surface area contributed by atoms with E-state index in [0.29, 0.717) is 26.3 Å². The quantitative estimate of drug-likeness (QED) is 0.430. The second kappa shape index (κ2) is 7.22. The minimum absolute atomic E-state index is 0.157. The van der Waals surface area contributed by atoms with E-state index in [0.717, 1.165) is 5.56 Å². The van der Waals surface area contributed by atoms with Gasteiger partial charge in [0, 0.05) is 23.0 Å². The van der Waals surface area contributed by atoms with Gasteiger partial charge in [0.05, 0.1) is 22.1 Å². The Morgan fingerprint density at radius 3 is 2.38 bits per heavy atom. The number of Topliss-reactive ketones (excluding diaryl/α,β-unsaturated/α-hetero) is 1. The van der Waals surface area contributed by atoms with Gasteiger partial charge in [0.15, 0.2) is 0 Å². The summed E-state index contributed by atoms with van der Waals surface area (Å²) in [4.78, 5) is 16.9. The predicted octanol–water partition coefficient (Wildman–Crippen LogP) is 5.72.